The maximum Gasteiger partial charge on any atom is 0.305 e. The number of nitrogens with zero attached hydrogens (tertiary/aromatic N) is 1. The van der Waals surface area contributed by atoms with Gasteiger partial charge in [0.1, 0.15) is 0 Å². The second-order valence-electron chi connectivity index (χ2n) is 4.38. The number of aliphatic carboxylic acids is 1. The zero-order chi connectivity index (χ0) is 14.3. The Morgan fingerprint density at radius 3 is 2.47 bits per heavy atom. The summed E-state index contributed by atoms with van der Waals surface area (Å²) in [7, 11) is 0. The minimum absolute atomic E-state index is 0.345. The molecule has 1 amide bonds. The zero-order valence-electron chi connectivity index (χ0n) is 11.1. The molecular weight excluding hydrogens is 244 g/mol. The Balaban J connectivity index is 2.84. The van der Waals surface area contributed by atoms with Crippen LogP contribution in [0.25, 0.3) is 0 Å². The van der Waals surface area contributed by atoms with E-state index in [0.717, 1.165) is 18.5 Å². The summed E-state index contributed by atoms with van der Waals surface area (Å²) in [5.41, 5.74) is 6.41. The molecule has 0 saturated carbocycles. The molecule has 0 spiro atoms. The van der Waals surface area contributed by atoms with E-state index >= 15 is 0 Å². The van der Waals surface area contributed by atoms with Gasteiger partial charge >= 0.3 is 5.97 Å². The fourth-order valence-corrected chi connectivity index (χ4v) is 1.77. The molecular formula is C14H20N2O3. The number of amides is 1. The largest absolute Gasteiger partial charge is 0.481 e. The van der Waals surface area contributed by atoms with Crippen molar-refractivity contribution in [3.63, 3.8) is 0 Å². The summed E-state index contributed by atoms with van der Waals surface area (Å²) in [6.45, 7) is 2.58. The van der Waals surface area contributed by atoms with E-state index < -0.39 is 12.0 Å². The van der Waals surface area contributed by atoms with Crippen molar-refractivity contribution < 1.29 is 14.7 Å². The van der Waals surface area contributed by atoms with Crippen molar-refractivity contribution in [2.75, 3.05) is 11.4 Å². The summed E-state index contributed by atoms with van der Waals surface area (Å²) in [6, 6.07) is 8.18. The van der Waals surface area contributed by atoms with Gasteiger partial charge in [-0.1, -0.05) is 31.5 Å². The molecule has 0 bridgehead atoms. The molecule has 0 fully saturated rings. The van der Waals surface area contributed by atoms with Gasteiger partial charge in [0.2, 0.25) is 5.91 Å². The topological polar surface area (TPSA) is 83.6 Å². The number of benzene rings is 1. The molecule has 0 aliphatic rings. The molecule has 1 aromatic carbocycles. The summed E-state index contributed by atoms with van der Waals surface area (Å²) < 4.78 is 0. The van der Waals surface area contributed by atoms with Crippen molar-refractivity contribution in [1.82, 2.24) is 0 Å². The lowest BCUT2D eigenvalue weighted by Gasteiger charge is -2.25. The van der Waals surface area contributed by atoms with Crippen LogP contribution < -0.4 is 10.6 Å². The van der Waals surface area contributed by atoms with Crippen LogP contribution in [0.3, 0.4) is 0 Å². The average Bonchev–Trinajstić information content (AvgIpc) is 2.39. The van der Waals surface area contributed by atoms with Crippen molar-refractivity contribution in [2.45, 2.75) is 32.2 Å². The lowest BCUT2D eigenvalue weighted by Crippen LogP contribution is -2.45. The number of carboxylic acid groups (broad SMARTS) is 1. The van der Waals surface area contributed by atoms with Crippen molar-refractivity contribution in [1.29, 1.82) is 0 Å². The Bertz CT molecular complexity index is 420. The number of hydrogen-bond donors (Lipinski definition) is 2. The Morgan fingerprint density at radius 1 is 1.32 bits per heavy atom. The molecule has 1 unspecified atom stereocenters. The molecule has 5 heteroatoms. The molecule has 3 N–H and O–H groups in total. The number of carbonyl (C=O) groups is 2. The van der Waals surface area contributed by atoms with E-state index in [9.17, 15) is 9.59 Å². The van der Waals surface area contributed by atoms with Gasteiger partial charge in [0.25, 0.3) is 0 Å². The van der Waals surface area contributed by atoms with Gasteiger partial charge in [-0.15, -0.1) is 0 Å². The highest BCUT2D eigenvalue weighted by Gasteiger charge is 2.23. The quantitative estimate of drug-likeness (QED) is 0.784. The molecule has 0 radical (unpaired) electrons. The first-order valence-corrected chi connectivity index (χ1v) is 6.40. The maximum absolute atomic E-state index is 12.2. The number of anilines is 1. The second kappa shape index (κ2) is 7.53. The third-order valence-corrected chi connectivity index (χ3v) is 2.78. The van der Waals surface area contributed by atoms with Crippen LogP contribution in [-0.4, -0.2) is 29.6 Å². The predicted octanol–water partition coefficient (Wildman–Crippen LogP) is 1.62. The maximum atomic E-state index is 12.2. The van der Waals surface area contributed by atoms with Gasteiger partial charge in [-0.3, -0.25) is 9.59 Å². The molecule has 19 heavy (non-hydrogen) atoms. The van der Waals surface area contributed by atoms with E-state index in [1.807, 2.05) is 37.3 Å². The molecule has 0 saturated heterocycles. The molecule has 0 heterocycles. The average molecular weight is 264 g/mol. The van der Waals surface area contributed by atoms with Crippen molar-refractivity contribution in [3.05, 3.63) is 30.3 Å². The van der Waals surface area contributed by atoms with Crippen LogP contribution in [0.2, 0.25) is 0 Å². The summed E-state index contributed by atoms with van der Waals surface area (Å²) in [4.78, 5) is 24.4. The van der Waals surface area contributed by atoms with Crippen molar-refractivity contribution in [3.8, 4) is 0 Å². The molecule has 1 rings (SSSR count). The number of para-hydroxylation sites is 1. The van der Waals surface area contributed by atoms with Gasteiger partial charge in [-0.05, 0) is 18.6 Å². The van der Waals surface area contributed by atoms with E-state index in [0.29, 0.717) is 6.54 Å². The number of carboxylic acids is 1. The highest BCUT2D eigenvalue weighted by atomic mass is 16.4. The summed E-state index contributed by atoms with van der Waals surface area (Å²) >= 11 is 0. The first-order valence-electron chi connectivity index (χ1n) is 6.40. The number of unbranched alkanes of at least 4 members (excludes halogenated alkanes) is 1. The smallest absolute Gasteiger partial charge is 0.305 e. The van der Waals surface area contributed by atoms with Crippen LogP contribution in [0.1, 0.15) is 26.2 Å². The fourth-order valence-electron chi connectivity index (χ4n) is 1.77. The molecule has 5 nitrogen and oxygen atoms in total. The number of carbonyl (C=O) groups excluding carboxylic acids is 1. The molecule has 0 aliphatic carbocycles. The third-order valence-electron chi connectivity index (χ3n) is 2.78. The first kappa shape index (κ1) is 15.2. The molecule has 0 aliphatic heterocycles. The highest BCUT2D eigenvalue weighted by molar-refractivity contribution is 5.98. The summed E-state index contributed by atoms with van der Waals surface area (Å²) in [5.74, 6) is -1.41. The Hall–Kier alpha value is -1.88. The summed E-state index contributed by atoms with van der Waals surface area (Å²) in [5, 5.41) is 8.71. The van der Waals surface area contributed by atoms with Crippen LogP contribution in [0.5, 0.6) is 0 Å². The second-order valence-corrected chi connectivity index (χ2v) is 4.38. The first-order chi connectivity index (χ1) is 9.06. The van der Waals surface area contributed by atoms with Gasteiger partial charge in [-0.2, -0.15) is 0 Å². The van der Waals surface area contributed by atoms with E-state index in [2.05, 4.69) is 0 Å². The van der Waals surface area contributed by atoms with Crippen LogP contribution in [-0.2, 0) is 9.59 Å². The van der Waals surface area contributed by atoms with E-state index in [1.165, 1.54) is 0 Å². The fraction of sp³-hybridized carbons (Fsp3) is 0.429. The monoisotopic (exact) mass is 264 g/mol. The van der Waals surface area contributed by atoms with Crippen LogP contribution >= 0.6 is 0 Å². The van der Waals surface area contributed by atoms with Gasteiger partial charge in [-0.25, -0.2) is 0 Å². The van der Waals surface area contributed by atoms with Crippen molar-refractivity contribution in [2.24, 2.45) is 5.73 Å². The SMILES string of the molecule is CCCCN(C(=O)C(N)CC(=O)O)c1ccccc1. The highest BCUT2D eigenvalue weighted by Crippen LogP contribution is 2.15. The lowest BCUT2D eigenvalue weighted by atomic mass is 10.1. The van der Waals surface area contributed by atoms with Crippen LogP contribution in [0.15, 0.2) is 30.3 Å². The standard InChI is InChI=1S/C14H20N2O3/c1-2-3-9-16(11-7-5-4-6-8-11)14(19)12(15)10-13(17)18/h4-8,12H,2-3,9-10,15H2,1H3,(H,17,18). The number of hydrogen-bond acceptors (Lipinski definition) is 3. The van der Waals surface area contributed by atoms with Gasteiger partial charge in [0.15, 0.2) is 0 Å². The molecule has 104 valence electrons. The molecule has 1 atom stereocenters. The van der Waals surface area contributed by atoms with Gasteiger partial charge in [0.05, 0.1) is 12.5 Å². The Labute approximate surface area is 113 Å². The van der Waals surface area contributed by atoms with E-state index in [1.54, 1.807) is 4.90 Å². The molecule has 1 aromatic rings. The van der Waals surface area contributed by atoms with Crippen LogP contribution in [0, 0.1) is 0 Å². The minimum Gasteiger partial charge on any atom is -0.481 e. The van der Waals surface area contributed by atoms with Gasteiger partial charge < -0.3 is 15.7 Å². The van der Waals surface area contributed by atoms with E-state index in [4.69, 9.17) is 10.8 Å². The van der Waals surface area contributed by atoms with Crippen molar-refractivity contribution >= 4 is 17.6 Å². The number of nitrogens with two attached hydrogens (primary N) is 1. The number of rotatable bonds is 7. The normalized spacial score (nSPS) is 11.9. The zero-order valence-corrected chi connectivity index (χ0v) is 11.1. The van der Waals surface area contributed by atoms with Crippen LogP contribution in [0.4, 0.5) is 5.69 Å². The van der Waals surface area contributed by atoms with Gasteiger partial charge in [0, 0.05) is 12.2 Å². The molecule has 0 aromatic heterocycles. The minimum atomic E-state index is -1.07. The predicted molar refractivity (Wildman–Crippen MR) is 73.9 cm³/mol. The summed E-state index contributed by atoms with van der Waals surface area (Å²) in [6.07, 6.45) is 1.44. The Morgan fingerprint density at radius 2 is 1.95 bits per heavy atom. The van der Waals surface area contributed by atoms with E-state index in [-0.39, 0.29) is 12.3 Å². The Kier molecular flexibility index (Phi) is 6.02. The third kappa shape index (κ3) is 4.71. The lowest BCUT2D eigenvalue weighted by molar-refractivity contribution is -0.139.